The maximum absolute atomic E-state index is 5.48. The molecule has 0 amide bonds. The van der Waals surface area contributed by atoms with Gasteiger partial charge in [0.1, 0.15) is 5.84 Å². The zero-order valence-corrected chi connectivity index (χ0v) is 29.5. The summed E-state index contributed by atoms with van der Waals surface area (Å²) in [6.45, 7) is 0. The summed E-state index contributed by atoms with van der Waals surface area (Å²) in [5.41, 5.74) is 11.3. The van der Waals surface area contributed by atoms with Crippen LogP contribution in [-0.4, -0.2) is 10.8 Å². The molecule has 1 unspecified atom stereocenters. The summed E-state index contributed by atoms with van der Waals surface area (Å²) < 4.78 is 0. The predicted molar refractivity (Wildman–Crippen MR) is 226 cm³/mol. The molecule has 9 aromatic rings. The van der Waals surface area contributed by atoms with Crippen LogP contribution in [0.2, 0.25) is 0 Å². The van der Waals surface area contributed by atoms with Crippen molar-refractivity contribution < 1.29 is 0 Å². The molecule has 2 heterocycles. The first-order valence-electron chi connectivity index (χ1n) is 18.4. The molecule has 0 saturated carbocycles. The predicted octanol–water partition coefficient (Wildman–Crippen LogP) is 12.7. The molecule has 1 aromatic heterocycles. The van der Waals surface area contributed by atoms with E-state index in [2.05, 4.69) is 192 Å². The monoisotopic (exact) mass is 689 g/mol. The molecule has 1 N–H and O–H groups in total. The second-order valence-corrected chi connectivity index (χ2v) is 13.8. The minimum absolute atomic E-state index is 0.119. The van der Waals surface area contributed by atoms with E-state index in [0.29, 0.717) is 0 Å². The summed E-state index contributed by atoms with van der Waals surface area (Å²) in [5.74, 6) is 0.856. The molecule has 54 heavy (non-hydrogen) atoms. The Morgan fingerprint density at radius 2 is 1.00 bits per heavy atom. The summed E-state index contributed by atoms with van der Waals surface area (Å²) in [7, 11) is 0. The first-order chi connectivity index (χ1) is 26.8. The molecule has 1 aliphatic rings. The van der Waals surface area contributed by atoms with Gasteiger partial charge in [-0.05, 0) is 90.0 Å². The van der Waals surface area contributed by atoms with Gasteiger partial charge in [-0.1, -0.05) is 164 Å². The van der Waals surface area contributed by atoms with E-state index in [1.165, 1.54) is 49.4 Å². The van der Waals surface area contributed by atoms with E-state index >= 15 is 0 Å². The molecule has 0 fully saturated rings. The van der Waals surface area contributed by atoms with Gasteiger partial charge in [-0.3, -0.25) is 4.98 Å². The molecule has 0 bridgehead atoms. The average Bonchev–Trinajstić information content (AvgIpc) is 3.26. The van der Waals surface area contributed by atoms with Gasteiger partial charge in [-0.2, -0.15) is 0 Å². The third-order valence-electron chi connectivity index (χ3n) is 10.6. The van der Waals surface area contributed by atoms with E-state index in [-0.39, 0.29) is 6.04 Å². The first-order valence-corrected chi connectivity index (χ1v) is 18.4. The average molecular weight is 690 g/mol. The fourth-order valence-electron chi connectivity index (χ4n) is 7.95. The van der Waals surface area contributed by atoms with Crippen LogP contribution in [-0.2, 0) is 0 Å². The number of rotatable bonds is 6. The van der Waals surface area contributed by atoms with Gasteiger partial charge in [-0.25, -0.2) is 4.99 Å². The number of nitrogens with one attached hydrogen (secondary N) is 1. The molecule has 254 valence electrons. The van der Waals surface area contributed by atoms with Crippen molar-refractivity contribution >= 4 is 43.9 Å². The van der Waals surface area contributed by atoms with Crippen molar-refractivity contribution in [2.45, 2.75) is 6.04 Å². The first kappa shape index (κ1) is 31.6. The van der Waals surface area contributed by atoms with Gasteiger partial charge in [0.25, 0.3) is 0 Å². The Labute approximate surface area is 314 Å². The summed E-state index contributed by atoms with van der Waals surface area (Å²) in [6.07, 6.45) is 5.99. The molecule has 0 saturated heterocycles. The third kappa shape index (κ3) is 5.73. The van der Waals surface area contributed by atoms with E-state index < -0.39 is 0 Å². The van der Waals surface area contributed by atoms with E-state index in [1.807, 2.05) is 18.5 Å². The molecule has 8 aromatic carbocycles. The maximum Gasteiger partial charge on any atom is 0.135 e. The Balaban J connectivity index is 1.14. The molecule has 10 rings (SSSR count). The second-order valence-electron chi connectivity index (χ2n) is 13.8. The molecule has 3 nitrogen and oxygen atoms in total. The van der Waals surface area contributed by atoms with Crippen LogP contribution in [0.25, 0.3) is 71.4 Å². The lowest BCUT2D eigenvalue weighted by atomic mass is 9.87. The highest BCUT2D eigenvalue weighted by molar-refractivity contribution is 6.26. The van der Waals surface area contributed by atoms with Crippen LogP contribution >= 0.6 is 0 Å². The molecule has 0 radical (unpaired) electrons. The molecule has 1 atom stereocenters. The lowest BCUT2D eigenvalue weighted by Crippen LogP contribution is -2.31. The van der Waals surface area contributed by atoms with Gasteiger partial charge in [0.2, 0.25) is 0 Å². The van der Waals surface area contributed by atoms with Gasteiger partial charge < -0.3 is 5.32 Å². The van der Waals surface area contributed by atoms with Gasteiger partial charge in [0.15, 0.2) is 0 Å². The van der Waals surface area contributed by atoms with Crippen LogP contribution in [0.3, 0.4) is 0 Å². The summed E-state index contributed by atoms with van der Waals surface area (Å²) in [5, 5.41) is 11.1. The molecule has 1 aliphatic heterocycles. The number of nitrogens with zero attached hydrogens (tertiary/aromatic N) is 2. The van der Waals surface area contributed by atoms with Gasteiger partial charge >= 0.3 is 0 Å². The van der Waals surface area contributed by atoms with Crippen LogP contribution in [0, 0.1) is 0 Å². The number of hydrogen-bond acceptors (Lipinski definition) is 3. The highest BCUT2D eigenvalue weighted by Gasteiger charge is 2.25. The van der Waals surface area contributed by atoms with E-state index in [0.717, 1.165) is 44.6 Å². The Bertz CT molecular complexity index is 2830. The van der Waals surface area contributed by atoms with Crippen LogP contribution in [0.4, 0.5) is 0 Å². The quantitative estimate of drug-likeness (QED) is 0.176. The Hall–Kier alpha value is -7.10. The minimum atomic E-state index is -0.119. The van der Waals surface area contributed by atoms with Crippen molar-refractivity contribution in [1.29, 1.82) is 0 Å². The zero-order valence-electron chi connectivity index (χ0n) is 29.5. The van der Waals surface area contributed by atoms with Crippen molar-refractivity contribution in [3.8, 4) is 33.4 Å². The number of amidine groups is 1. The summed E-state index contributed by atoms with van der Waals surface area (Å²) in [6, 6.07) is 65.0. The highest BCUT2D eigenvalue weighted by atomic mass is 15.0. The number of hydrogen-bond donors (Lipinski definition) is 1. The van der Waals surface area contributed by atoms with Crippen LogP contribution in [0.1, 0.15) is 22.7 Å². The summed E-state index contributed by atoms with van der Waals surface area (Å²) >= 11 is 0. The van der Waals surface area contributed by atoms with Crippen LogP contribution < -0.4 is 5.32 Å². The third-order valence-corrected chi connectivity index (χ3v) is 10.6. The summed E-state index contributed by atoms with van der Waals surface area (Å²) in [4.78, 5) is 9.87. The number of aliphatic imine (C=N–C) groups is 1. The number of pyridine rings is 1. The van der Waals surface area contributed by atoms with Gasteiger partial charge in [0, 0.05) is 29.1 Å². The van der Waals surface area contributed by atoms with Crippen molar-refractivity contribution in [2.75, 3.05) is 0 Å². The van der Waals surface area contributed by atoms with Gasteiger partial charge in [0.05, 0.1) is 11.7 Å². The highest BCUT2D eigenvalue weighted by Crippen LogP contribution is 2.41. The van der Waals surface area contributed by atoms with E-state index in [9.17, 15) is 0 Å². The minimum Gasteiger partial charge on any atom is -0.359 e. The standard InChI is InChI=1S/C51H35N3/c1-2-13-37(14-3-1)49-43-19-6-8-21-45(43)50(46-22-9-7-20-44(46)49)51-53-47(32-48(54-51)41-17-10-16-39(31-41)42-18-11-29-52-33-42)36-26-23-35(24-27-36)40-28-25-34-12-4-5-15-38(34)30-40/h1-33,47H,(H,53,54). The molecule has 3 heteroatoms. The number of benzene rings is 8. The van der Waals surface area contributed by atoms with Gasteiger partial charge in [-0.15, -0.1) is 0 Å². The fourth-order valence-corrected chi connectivity index (χ4v) is 7.95. The number of aromatic nitrogens is 1. The molecular formula is C51H35N3. The second kappa shape index (κ2) is 13.5. The smallest absolute Gasteiger partial charge is 0.135 e. The van der Waals surface area contributed by atoms with E-state index in [1.54, 1.807) is 0 Å². The van der Waals surface area contributed by atoms with Crippen molar-refractivity contribution in [1.82, 2.24) is 10.3 Å². The Kier molecular flexibility index (Phi) is 7.88. The van der Waals surface area contributed by atoms with Crippen LogP contribution in [0.15, 0.2) is 205 Å². The van der Waals surface area contributed by atoms with E-state index in [4.69, 9.17) is 4.99 Å². The van der Waals surface area contributed by atoms with Crippen molar-refractivity contribution in [3.63, 3.8) is 0 Å². The normalized spacial score (nSPS) is 14.1. The topological polar surface area (TPSA) is 37.3 Å². The zero-order chi connectivity index (χ0) is 35.8. The van der Waals surface area contributed by atoms with Crippen molar-refractivity contribution in [2.24, 2.45) is 4.99 Å². The Morgan fingerprint density at radius 1 is 0.407 bits per heavy atom. The molecular weight excluding hydrogens is 655 g/mol. The largest absolute Gasteiger partial charge is 0.359 e. The number of fused-ring (bicyclic) bond motifs is 3. The Morgan fingerprint density at radius 3 is 1.72 bits per heavy atom. The van der Waals surface area contributed by atoms with Crippen molar-refractivity contribution in [3.05, 3.63) is 217 Å². The van der Waals surface area contributed by atoms with Crippen LogP contribution in [0.5, 0.6) is 0 Å². The lowest BCUT2D eigenvalue weighted by Gasteiger charge is -2.27. The molecule has 0 aliphatic carbocycles. The molecule has 0 spiro atoms. The lowest BCUT2D eigenvalue weighted by molar-refractivity contribution is 0.782. The maximum atomic E-state index is 5.48. The SMILES string of the molecule is C1=C(c2cccc(-c3cccnc3)c2)N=C(c2c3ccccc3c(-c3ccccc3)c3ccccc23)NC1c1ccc(-c2ccc3ccccc3c2)cc1. The fraction of sp³-hybridized carbons (Fsp3) is 0.0196.